The first-order chi connectivity index (χ1) is 8.77. The monoisotopic (exact) mass is 252 g/mol. The van der Waals surface area contributed by atoms with E-state index in [4.69, 9.17) is 10.00 Å². The van der Waals surface area contributed by atoms with E-state index >= 15 is 0 Å². The zero-order valence-electron chi connectivity index (χ0n) is 11.3. The molecular formula is C14H24N2O2. The van der Waals surface area contributed by atoms with Crippen molar-refractivity contribution in [2.45, 2.75) is 57.9 Å². The molecule has 1 amide bonds. The highest BCUT2D eigenvalue weighted by molar-refractivity contribution is 5.76. The van der Waals surface area contributed by atoms with Crippen LogP contribution in [-0.2, 0) is 9.53 Å². The van der Waals surface area contributed by atoms with Gasteiger partial charge < -0.3 is 10.1 Å². The van der Waals surface area contributed by atoms with Crippen molar-refractivity contribution in [3.63, 3.8) is 0 Å². The Morgan fingerprint density at radius 1 is 1.44 bits per heavy atom. The average molecular weight is 252 g/mol. The summed E-state index contributed by atoms with van der Waals surface area (Å²) in [5, 5.41) is 12.0. The minimum atomic E-state index is -0.301. The molecule has 0 aromatic heterocycles. The van der Waals surface area contributed by atoms with Crippen LogP contribution in [0, 0.1) is 17.2 Å². The molecule has 1 aliphatic carbocycles. The van der Waals surface area contributed by atoms with Crippen molar-refractivity contribution < 1.29 is 9.53 Å². The number of carbonyl (C=O) groups excluding carboxylic acids is 1. The van der Waals surface area contributed by atoms with Crippen LogP contribution in [0.2, 0.25) is 0 Å². The number of nitrogens with one attached hydrogen (secondary N) is 1. The lowest BCUT2D eigenvalue weighted by molar-refractivity contribution is -0.122. The van der Waals surface area contributed by atoms with Gasteiger partial charge in [-0.2, -0.15) is 5.26 Å². The van der Waals surface area contributed by atoms with Gasteiger partial charge in [0.1, 0.15) is 6.04 Å². The summed E-state index contributed by atoms with van der Waals surface area (Å²) in [5.41, 5.74) is 0. The summed E-state index contributed by atoms with van der Waals surface area (Å²) < 4.78 is 5.19. The third-order valence-corrected chi connectivity index (χ3v) is 3.47. The van der Waals surface area contributed by atoms with Crippen LogP contribution in [0.4, 0.5) is 0 Å². The van der Waals surface area contributed by atoms with Crippen LogP contribution in [-0.4, -0.2) is 25.2 Å². The summed E-state index contributed by atoms with van der Waals surface area (Å²) in [5.74, 6) is 0.325. The Morgan fingerprint density at radius 3 is 2.78 bits per heavy atom. The van der Waals surface area contributed by atoms with E-state index in [1.54, 1.807) is 0 Å². The summed E-state index contributed by atoms with van der Waals surface area (Å²) in [7, 11) is 0. The number of nitriles is 1. The maximum atomic E-state index is 11.7. The molecule has 18 heavy (non-hydrogen) atoms. The van der Waals surface area contributed by atoms with Gasteiger partial charge in [0.25, 0.3) is 0 Å². The van der Waals surface area contributed by atoms with Gasteiger partial charge in [-0.3, -0.25) is 4.79 Å². The SMILES string of the molecule is CCOCCCC(=O)NC(C#N)C1CCCCC1. The second kappa shape index (κ2) is 8.93. The second-order valence-corrected chi connectivity index (χ2v) is 4.87. The van der Waals surface area contributed by atoms with Gasteiger partial charge in [-0.25, -0.2) is 0 Å². The summed E-state index contributed by atoms with van der Waals surface area (Å²) in [6.45, 7) is 3.24. The quantitative estimate of drug-likeness (QED) is 0.708. The fourth-order valence-corrected chi connectivity index (χ4v) is 2.45. The first-order valence-corrected chi connectivity index (χ1v) is 7.04. The Labute approximate surface area is 110 Å². The number of ether oxygens (including phenoxy) is 1. The highest BCUT2D eigenvalue weighted by Gasteiger charge is 2.24. The van der Waals surface area contributed by atoms with E-state index in [0.29, 0.717) is 25.6 Å². The molecule has 1 aliphatic rings. The van der Waals surface area contributed by atoms with Crippen molar-refractivity contribution in [3.05, 3.63) is 0 Å². The van der Waals surface area contributed by atoms with Gasteiger partial charge in [0.2, 0.25) is 5.91 Å². The first-order valence-electron chi connectivity index (χ1n) is 7.04. The van der Waals surface area contributed by atoms with E-state index in [9.17, 15) is 4.79 Å². The molecule has 102 valence electrons. The largest absolute Gasteiger partial charge is 0.382 e. The maximum Gasteiger partial charge on any atom is 0.221 e. The van der Waals surface area contributed by atoms with Crippen molar-refractivity contribution in [3.8, 4) is 6.07 Å². The molecule has 1 atom stereocenters. The van der Waals surface area contributed by atoms with Crippen LogP contribution in [0.15, 0.2) is 0 Å². The van der Waals surface area contributed by atoms with Gasteiger partial charge in [0, 0.05) is 19.6 Å². The summed E-state index contributed by atoms with van der Waals surface area (Å²) in [6.07, 6.45) is 6.94. The van der Waals surface area contributed by atoms with Crippen molar-refractivity contribution in [2.24, 2.45) is 5.92 Å². The third kappa shape index (κ3) is 5.50. The topological polar surface area (TPSA) is 62.1 Å². The normalized spacial score (nSPS) is 18.0. The van der Waals surface area contributed by atoms with Gasteiger partial charge in [0.05, 0.1) is 6.07 Å². The van der Waals surface area contributed by atoms with Crippen molar-refractivity contribution in [1.29, 1.82) is 5.26 Å². The van der Waals surface area contributed by atoms with Crippen molar-refractivity contribution >= 4 is 5.91 Å². The second-order valence-electron chi connectivity index (χ2n) is 4.87. The predicted octanol–water partition coefficient (Wildman–Crippen LogP) is 2.39. The van der Waals surface area contributed by atoms with Crippen LogP contribution in [0.1, 0.15) is 51.9 Å². The minimum absolute atomic E-state index is 0.0215. The van der Waals surface area contributed by atoms with E-state index < -0.39 is 0 Å². The minimum Gasteiger partial charge on any atom is -0.382 e. The lowest BCUT2D eigenvalue weighted by atomic mass is 9.84. The number of carbonyl (C=O) groups is 1. The molecule has 0 aromatic rings. The van der Waals surface area contributed by atoms with E-state index in [-0.39, 0.29) is 11.9 Å². The van der Waals surface area contributed by atoms with Crippen molar-refractivity contribution in [1.82, 2.24) is 5.32 Å². The zero-order chi connectivity index (χ0) is 13.2. The lowest BCUT2D eigenvalue weighted by Crippen LogP contribution is -2.40. The van der Waals surface area contributed by atoms with Gasteiger partial charge in [-0.1, -0.05) is 19.3 Å². The number of amides is 1. The number of rotatable bonds is 7. The van der Waals surface area contributed by atoms with Crippen LogP contribution in [0.25, 0.3) is 0 Å². The lowest BCUT2D eigenvalue weighted by Gasteiger charge is -2.26. The molecule has 1 rings (SSSR count). The number of hydrogen-bond acceptors (Lipinski definition) is 3. The molecule has 1 saturated carbocycles. The van der Waals surface area contributed by atoms with Gasteiger partial charge in [0.15, 0.2) is 0 Å². The van der Waals surface area contributed by atoms with E-state index in [1.165, 1.54) is 19.3 Å². The molecule has 0 bridgehead atoms. The molecule has 0 aromatic carbocycles. The molecule has 0 saturated heterocycles. The molecular weight excluding hydrogens is 228 g/mol. The molecule has 4 nitrogen and oxygen atoms in total. The Hall–Kier alpha value is -1.08. The fraction of sp³-hybridized carbons (Fsp3) is 0.857. The van der Waals surface area contributed by atoms with Crippen LogP contribution < -0.4 is 5.32 Å². The molecule has 0 heterocycles. The average Bonchev–Trinajstić information content (AvgIpc) is 2.42. The molecule has 0 radical (unpaired) electrons. The van der Waals surface area contributed by atoms with Gasteiger partial charge in [-0.15, -0.1) is 0 Å². The van der Waals surface area contributed by atoms with Crippen LogP contribution >= 0.6 is 0 Å². The Bertz CT molecular complexity index is 280. The van der Waals surface area contributed by atoms with Crippen LogP contribution in [0.3, 0.4) is 0 Å². The Morgan fingerprint density at radius 2 is 2.17 bits per heavy atom. The molecule has 1 unspecified atom stereocenters. The summed E-state index contributed by atoms with van der Waals surface area (Å²) >= 11 is 0. The van der Waals surface area contributed by atoms with Crippen LogP contribution in [0.5, 0.6) is 0 Å². The van der Waals surface area contributed by atoms with Gasteiger partial charge in [-0.05, 0) is 32.1 Å². The van der Waals surface area contributed by atoms with Gasteiger partial charge >= 0.3 is 0 Å². The predicted molar refractivity (Wildman–Crippen MR) is 69.8 cm³/mol. The number of nitrogens with zero attached hydrogens (tertiary/aromatic N) is 1. The molecule has 0 spiro atoms. The van der Waals surface area contributed by atoms with E-state index in [1.807, 2.05) is 6.92 Å². The molecule has 0 aliphatic heterocycles. The fourth-order valence-electron chi connectivity index (χ4n) is 2.45. The molecule has 1 N–H and O–H groups in total. The highest BCUT2D eigenvalue weighted by Crippen LogP contribution is 2.26. The van der Waals surface area contributed by atoms with E-state index in [0.717, 1.165) is 19.3 Å². The molecule has 1 fully saturated rings. The highest BCUT2D eigenvalue weighted by atomic mass is 16.5. The summed E-state index contributed by atoms with van der Waals surface area (Å²) in [6, 6.07) is 1.94. The van der Waals surface area contributed by atoms with Crippen molar-refractivity contribution in [2.75, 3.05) is 13.2 Å². The molecule has 4 heteroatoms. The maximum absolute atomic E-state index is 11.7. The summed E-state index contributed by atoms with van der Waals surface area (Å²) in [4.78, 5) is 11.7. The van der Waals surface area contributed by atoms with E-state index in [2.05, 4.69) is 11.4 Å². The zero-order valence-corrected chi connectivity index (χ0v) is 11.3. The standard InChI is InChI=1S/C14H24N2O2/c1-2-18-10-6-9-14(17)16-13(11-15)12-7-4-3-5-8-12/h12-13H,2-10H2,1H3,(H,16,17). The Balaban J connectivity index is 2.24. The smallest absolute Gasteiger partial charge is 0.221 e. The number of hydrogen-bond donors (Lipinski definition) is 1. The third-order valence-electron chi connectivity index (χ3n) is 3.47. The Kier molecular flexibility index (Phi) is 7.43. The first kappa shape index (κ1) is 15.0.